The highest BCUT2D eigenvalue weighted by Gasteiger charge is 2.31. The van der Waals surface area contributed by atoms with Gasteiger partial charge < -0.3 is 14.6 Å². The van der Waals surface area contributed by atoms with E-state index in [0.29, 0.717) is 43.6 Å². The van der Waals surface area contributed by atoms with Gasteiger partial charge in [0.05, 0.1) is 18.9 Å². The van der Waals surface area contributed by atoms with E-state index in [4.69, 9.17) is 9.72 Å². The lowest BCUT2D eigenvalue weighted by Gasteiger charge is -2.35. The molecule has 220 valence electrons. The molecule has 0 atom stereocenters. The molecule has 1 N–H and O–H groups in total. The molecule has 0 radical (unpaired) electrons. The van der Waals surface area contributed by atoms with Gasteiger partial charge >= 0.3 is 0 Å². The molecule has 10 heteroatoms. The number of hydrogen-bond acceptors (Lipinski definition) is 7. The lowest BCUT2D eigenvalue weighted by molar-refractivity contribution is 0.0332. The van der Waals surface area contributed by atoms with Crippen molar-refractivity contribution in [1.29, 1.82) is 0 Å². The number of nitrogens with zero attached hydrogens (tertiary/aromatic N) is 6. The maximum atomic E-state index is 15.2. The molecule has 2 saturated heterocycles. The van der Waals surface area contributed by atoms with Crippen molar-refractivity contribution in [2.45, 2.75) is 38.9 Å². The first-order valence-electron chi connectivity index (χ1n) is 15.0. The number of aromatic nitrogens is 3. The average Bonchev–Trinajstić information content (AvgIpc) is 3.77. The van der Waals surface area contributed by atoms with Crippen LogP contribution in [-0.4, -0.2) is 87.8 Å². The first kappa shape index (κ1) is 27.4. The Morgan fingerprint density at radius 3 is 2.38 bits per heavy atom. The summed E-state index contributed by atoms with van der Waals surface area (Å²) >= 11 is 0. The Morgan fingerprint density at radius 2 is 1.64 bits per heavy atom. The largest absolute Gasteiger partial charge is 0.379 e. The highest BCUT2D eigenvalue weighted by Crippen LogP contribution is 2.29. The number of fused-ring (bicyclic) bond motifs is 1. The van der Waals surface area contributed by atoms with Crippen molar-refractivity contribution < 1.29 is 13.5 Å². The zero-order valence-corrected chi connectivity index (χ0v) is 24.0. The summed E-state index contributed by atoms with van der Waals surface area (Å²) in [6, 6.07) is 11.8. The summed E-state index contributed by atoms with van der Waals surface area (Å²) in [6.07, 6.45) is 6.22. The number of halogens is 2. The first-order valence-corrected chi connectivity index (χ1v) is 15.0. The monoisotopic (exact) mass is 573 g/mol. The summed E-state index contributed by atoms with van der Waals surface area (Å²) in [5, 5.41) is 4.14. The molecule has 1 saturated carbocycles. The van der Waals surface area contributed by atoms with Gasteiger partial charge in [0.25, 0.3) is 0 Å². The van der Waals surface area contributed by atoms with Crippen molar-refractivity contribution in [3.63, 3.8) is 0 Å². The molecule has 42 heavy (non-hydrogen) atoms. The van der Waals surface area contributed by atoms with Crippen molar-refractivity contribution >= 4 is 22.7 Å². The summed E-state index contributed by atoms with van der Waals surface area (Å²) in [5.74, 6) is -0.695. The van der Waals surface area contributed by atoms with Crippen LogP contribution < -0.4 is 5.32 Å². The second kappa shape index (κ2) is 11.7. The quantitative estimate of drug-likeness (QED) is 0.323. The van der Waals surface area contributed by atoms with E-state index in [9.17, 15) is 0 Å². The highest BCUT2D eigenvalue weighted by molar-refractivity contribution is 5.79. The third-order valence-corrected chi connectivity index (χ3v) is 8.79. The minimum Gasteiger partial charge on any atom is -0.379 e. The highest BCUT2D eigenvalue weighted by atomic mass is 19.1. The van der Waals surface area contributed by atoms with E-state index in [1.54, 1.807) is 17.0 Å². The maximum absolute atomic E-state index is 15.2. The number of benzene rings is 2. The van der Waals surface area contributed by atoms with E-state index in [-0.39, 0.29) is 12.1 Å². The van der Waals surface area contributed by atoms with Gasteiger partial charge in [-0.3, -0.25) is 14.7 Å². The van der Waals surface area contributed by atoms with Gasteiger partial charge in [0.15, 0.2) is 0 Å². The molecule has 0 spiro atoms. The zero-order valence-electron chi connectivity index (χ0n) is 24.0. The van der Waals surface area contributed by atoms with Crippen LogP contribution in [0.25, 0.3) is 16.7 Å². The maximum Gasteiger partial charge on any atom is 0.229 e. The van der Waals surface area contributed by atoms with E-state index < -0.39 is 11.6 Å². The minimum atomic E-state index is -0.563. The summed E-state index contributed by atoms with van der Waals surface area (Å²) in [7, 11) is 0. The molecule has 2 aromatic heterocycles. The van der Waals surface area contributed by atoms with Crippen LogP contribution in [0.2, 0.25) is 0 Å². The molecule has 0 unspecified atom stereocenters. The third kappa shape index (κ3) is 5.89. The van der Waals surface area contributed by atoms with E-state index in [1.807, 2.05) is 17.0 Å². The van der Waals surface area contributed by atoms with E-state index in [2.05, 4.69) is 39.2 Å². The normalized spacial score (nSPS) is 19.0. The molecule has 2 aliphatic heterocycles. The number of aryl methyl sites for hydroxylation is 1. The Hall–Kier alpha value is -3.44. The number of piperazine rings is 1. The fourth-order valence-corrected chi connectivity index (χ4v) is 6.07. The Kier molecular flexibility index (Phi) is 7.62. The molecule has 4 aromatic rings. The van der Waals surface area contributed by atoms with Gasteiger partial charge in [-0.2, -0.15) is 4.98 Å². The Balaban J connectivity index is 1.08. The molecule has 7 rings (SSSR count). The molecular weight excluding hydrogens is 536 g/mol. The Morgan fingerprint density at radius 1 is 0.905 bits per heavy atom. The zero-order chi connectivity index (χ0) is 28.6. The second-order valence-corrected chi connectivity index (χ2v) is 11.7. The van der Waals surface area contributed by atoms with Crippen molar-refractivity contribution in [2.75, 3.05) is 57.8 Å². The molecule has 4 heterocycles. The minimum absolute atomic E-state index is 0.0778. The molecule has 8 nitrogen and oxygen atoms in total. The van der Waals surface area contributed by atoms with Gasteiger partial charge in [-0.1, -0.05) is 6.07 Å². The lowest BCUT2D eigenvalue weighted by atomic mass is 10.1. The van der Waals surface area contributed by atoms with Gasteiger partial charge in [0.2, 0.25) is 5.95 Å². The molecule has 3 fully saturated rings. The molecule has 1 aliphatic carbocycles. The predicted molar refractivity (Wildman–Crippen MR) is 159 cm³/mol. The van der Waals surface area contributed by atoms with Crippen LogP contribution in [0.15, 0.2) is 48.8 Å². The van der Waals surface area contributed by atoms with Gasteiger partial charge in [-0.15, -0.1) is 0 Å². The topological polar surface area (TPSA) is 61.7 Å². The smallest absolute Gasteiger partial charge is 0.229 e. The van der Waals surface area contributed by atoms with Crippen LogP contribution >= 0.6 is 0 Å². The van der Waals surface area contributed by atoms with Gasteiger partial charge in [-0.25, -0.2) is 13.8 Å². The first-order chi connectivity index (χ1) is 20.5. The van der Waals surface area contributed by atoms with E-state index in [1.165, 1.54) is 36.1 Å². The van der Waals surface area contributed by atoms with Crippen LogP contribution in [-0.2, 0) is 17.8 Å². The number of hydrogen-bond donors (Lipinski definition) is 1. The summed E-state index contributed by atoms with van der Waals surface area (Å²) < 4.78 is 37.4. The van der Waals surface area contributed by atoms with Crippen molar-refractivity contribution in [1.82, 2.24) is 29.2 Å². The standard InChI is InChI=1S/C32H37F2N7O/c1-22-2-3-25(16-24(22)20-38-8-10-40(11-9-38)26-4-5-26)36-32-35-19-23-6-7-41(31(23)37-32)27-17-29(33)28(30(34)18-27)21-39-12-14-42-15-13-39/h2-3,6-7,16-19,26H,4-5,8-15,20-21H2,1H3,(H,35,36,37). The molecule has 0 bridgehead atoms. The molecule has 0 amide bonds. The van der Waals surface area contributed by atoms with Gasteiger partial charge in [0.1, 0.15) is 17.3 Å². The summed E-state index contributed by atoms with van der Waals surface area (Å²) in [4.78, 5) is 16.4. The van der Waals surface area contributed by atoms with Gasteiger partial charge in [0, 0.05) is 87.4 Å². The van der Waals surface area contributed by atoms with Crippen LogP contribution in [0.5, 0.6) is 0 Å². The molecular formula is C32H37F2N7O. The van der Waals surface area contributed by atoms with Crippen molar-refractivity contribution in [3.8, 4) is 5.69 Å². The van der Waals surface area contributed by atoms with E-state index >= 15 is 8.78 Å². The fraction of sp³-hybridized carbons (Fsp3) is 0.438. The van der Waals surface area contributed by atoms with Crippen molar-refractivity contribution in [2.24, 2.45) is 0 Å². The van der Waals surface area contributed by atoms with Crippen LogP contribution in [0.4, 0.5) is 20.4 Å². The van der Waals surface area contributed by atoms with Crippen LogP contribution in [0, 0.1) is 18.6 Å². The number of rotatable bonds is 8. The Bertz CT molecular complexity index is 1550. The summed E-state index contributed by atoms with van der Waals surface area (Å²) in [6.45, 7) is 10.3. The number of ether oxygens (including phenoxy) is 1. The molecule has 2 aromatic carbocycles. The number of nitrogens with one attached hydrogen (secondary N) is 1. The Labute approximate surface area is 244 Å². The fourth-order valence-electron chi connectivity index (χ4n) is 6.07. The van der Waals surface area contributed by atoms with Crippen molar-refractivity contribution in [3.05, 3.63) is 77.1 Å². The number of anilines is 2. The average molecular weight is 574 g/mol. The third-order valence-electron chi connectivity index (χ3n) is 8.79. The molecule has 3 aliphatic rings. The van der Waals surface area contributed by atoms with Gasteiger partial charge in [-0.05, 0) is 61.2 Å². The predicted octanol–water partition coefficient (Wildman–Crippen LogP) is 4.86. The SMILES string of the molecule is Cc1ccc(Nc2ncc3ccn(-c4cc(F)c(CN5CCOCC5)c(F)c4)c3n2)cc1CN1CCN(C2CC2)CC1. The lowest BCUT2D eigenvalue weighted by Crippen LogP contribution is -2.46. The van der Waals surface area contributed by atoms with Crippen LogP contribution in [0.1, 0.15) is 29.5 Å². The van der Waals surface area contributed by atoms with E-state index in [0.717, 1.165) is 49.8 Å². The second-order valence-electron chi connectivity index (χ2n) is 11.7. The summed E-state index contributed by atoms with van der Waals surface area (Å²) in [5.41, 5.74) is 4.50. The van der Waals surface area contributed by atoms with Crippen LogP contribution in [0.3, 0.4) is 0 Å². The number of morpholine rings is 1.